The molecule has 2 aromatic rings. The maximum atomic E-state index is 12.7. The van der Waals surface area contributed by atoms with Gasteiger partial charge in [0.25, 0.3) is 5.91 Å². The molecule has 1 aliphatic rings. The van der Waals surface area contributed by atoms with Crippen LogP contribution in [0.25, 0.3) is 0 Å². The number of anilines is 2. The zero-order valence-corrected chi connectivity index (χ0v) is 13.8. The third-order valence-electron chi connectivity index (χ3n) is 4.48. The molecule has 0 atom stereocenters. The standard InChI is InChI=1S/C18H21N3O4/c19-12-18(5-8-24-9-6-18)17(23)21-15-3-1-2-14(10-15)20-16(22)13-4-7-25-11-13/h1-4,7,10-11H,5-6,8-9,12,19H2,(H,20,22)(H,21,23). The number of ether oxygens (including phenoxy) is 1. The van der Waals surface area contributed by atoms with Crippen LogP contribution >= 0.6 is 0 Å². The SMILES string of the molecule is NCC1(C(=O)Nc2cccc(NC(=O)c3ccoc3)c2)CCOCC1. The van der Waals surface area contributed by atoms with Crippen molar-refractivity contribution in [2.45, 2.75) is 12.8 Å². The van der Waals surface area contributed by atoms with Crippen molar-refractivity contribution in [3.8, 4) is 0 Å². The topological polar surface area (TPSA) is 107 Å². The van der Waals surface area contributed by atoms with Gasteiger partial charge in [-0.15, -0.1) is 0 Å². The van der Waals surface area contributed by atoms with Crippen molar-refractivity contribution >= 4 is 23.2 Å². The number of amides is 2. The molecule has 0 unspecified atom stereocenters. The Morgan fingerprint density at radius 3 is 2.48 bits per heavy atom. The van der Waals surface area contributed by atoms with E-state index in [-0.39, 0.29) is 18.4 Å². The Morgan fingerprint density at radius 2 is 1.84 bits per heavy atom. The van der Waals surface area contributed by atoms with Crippen molar-refractivity contribution < 1.29 is 18.7 Å². The molecule has 0 aliphatic carbocycles. The van der Waals surface area contributed by atoms with Crippen LogP contribution in [0.4, 0.5) is 11.4 Å². The highest BCUT2D eigenvalue weighted by Crippen LogP contribution is 2.31. The largest absolute Gasteiger partial charge is 0.472 e. The third kappa shape index (κ3) is 3.89. The number of benzene rings is 1. The number of hydrogen-bond donors (Lipinski definition) is 3. The van der Waals surface area contributed by atoms with Crippen LogP contribution in [-0.4, -0.2) is 31.6 Å². The Hall–Kier alpha value is -2.64. The molecular formula is C18H21N3O4. The average molecular weight is 343 g/mol. The van der Waals surface area contributed by atoms with Gasteiger partial charge in [-0.1, -0.05) is 6.07 Å². The van der Waals surface area contributed by atoms with Gasteiger partial charge in [-0.05, 0) is 37.1 Å². The molecular weight excluding hydrogens is 322 g/mol. The van der Waals surface area contributed by atoms with E-state index >= 15 is 0 Å². The summed E-state index contributed by atoms with van der Waals surface area (Å²) in [6.45, 7) is 1.34. The molecule has 1 aliphatic heterocycles. The third-order valence-corrected chi connectivity index (χ3v) is 4.48. The highest BCUT2D eigenvalue weighted by Gasteiger charge is 2.38. The number of nitrogens with two attached hydrogens (primary N) is 1. The fourth-order valence-electron chi connectivity index (χ4n) is 2.82. The summed E-state index contributed by atoms with van der Waals surface area (Å²) < 4.78 is 10.2. The van der Waals surface area contributed by atoms with Gasteiger partial charge in [0.2, 0.25) is 5.91 Å². The van der Waals surface area contributed by atoms with Crippen molar-refractivity contribution in [3.05, 3.63) is 48.4 Å². The lowest BCUT2D eigenvalue weighted by atomic mass is 9.79. The first kappa shape index (κ1) is 17.2. The van der Waals surface area contributed by atoms with Crippen LogP contribution in [0, 0.1) is 5.41 Å². The second-order valence-corrected chi connectivity index (χ2v) is 6.10. The quantitative estimate of drug-likeness (QED) is 0.772. The lowest BCUT2D eigenvalue weighted by Crippen LogP contribution is -2.46. The van der Waals surface area contributed by atoms with Crippen LogP contribution in [0.5, 0.6) is 0 Å². The summed E-state index contributed by atoms with van der Waals surface area (Å²) in [7, 11) is 0. The Balaban J connectivity index is 1.69. The molecule has 2 amide bonds. The van der Waals surface area contributed by atoms with Gasteiger partial charge < -0.3 is 25.5 Å². The number of nitrogens with one attached hydrogen (secondary N) is 2. The molecule has 2 heterocycles. The van der Waals surface area contributed by atoms with Crippen molar-refractivity contribution in [2.75, 3.05) is 30.4 Å². The van der Waals surface area contributed by atoms with E-state index in [1.807, 2.05) is 0 Å². The zero-order valence-electron chi connectivity index (χ0n) is 13.8. The minimum atomic E-state index is -0.603. The van der Waals surface area contributed by atoms with Crippen LogP contribution in [0.3, 0.4) is 0 Å². The zero-order chi connectivity index (χ0) is 17.7. The van der Waals surface area contributed by atoms with Crippen LogP contribution < -0.4 is 16.4 Å². The van der Waals surface area contributed by atoms with Gasteiger partial charge in [0, 0.05) is 31.1 Å². The number of rotatable bonds is 5. The summed E-state index contributed by atoms with van der Waals surface area (Å²) in [6, 6.07) is 8.58. The first-order valence-electron chi connectivity index (χ1n) is 8.16. The average Bonchev–Trinajstić information content (AvgIpc) is 3.17. The van der Waals surface area contributed by atoms with E-state index in [0.29, 0.717) is 43.0 Å². The molecule has 132 valence electrons. The summed E-state index contributed by atoms with van der Waals surface area (Å²) >= 11 is 0. The van der Waals surface area contributed by atoms with Crippen LogP contribution in [0.15, 0.2) is 47.3 Å². The van der Waals surface area contributed by atoms with Crippen LogP contribution in [-0.2, 0) is 9.53 Å². The molecule has 0 radical (unpaired) electrons. The van der Waals surface area contributed by atoms with Gasteiger partial charge >= 0.3 is 0 Å². The van der Waals surface area contributed by atoms with Gasteiger partial charge in [-0.25, -0.2) is 0 Å². The molecule has 25 heavy (non-hydrogen) atoms. The van der Waals surface area contributed by atoms with E-state index in [1.165, 1.54) is 12.5 Å². The summed E-state index contributed by atoms with van der Waals surface area (Å²) in [5.74, 6) is -0.392. The maximum Gasteiger partial charge on any atom is 0.258 e. The van der Waals surface area contributed by atoms with Crippen LogP contribution in [0.2, 0.25) is 0 Å². The number of furan rings is 1. The Labute approximate surface area is 145 Å². The Bertz CT molecular complexity index is 737. The van der Waals surface area contributed by atoms with Crippen molar-refractivity contribution in [3.63, 3.8) is 0 Å². The normalized spacial score (nSPS) is 16.2. The van der Waals surface area contributed by atoms with E-state index in [4.69, 9.17) is 14.9 Å². The molecule has 1 aromatic carbocycles. The molecule has 0 spiro atoms. The molecule has 1 fully saturated rings. The Morgan fingerprint density at radius 1 is 1.12 bits per heavy atom. The lowest BCUT2D eigenvalue weighted by molar-refractivity contribution is -0.130. The molecule has 7 heteroatoms. The highest BCUT2D eigenvalue weighted by molar-refractivity contribution is 6.04. The van der Waals surface area contributed by atoms with Gasteiger partial charge in [0.05, 0.1) is 17.2 Å². The van der Waals surface area contributed by atoms with E-state index < -0.39 is 5.41 Å². The molecule has 0 bridgehead atoms. The lowest BCUT2D eigenvalue weighted by Gasteiger charge is -2.34. The number of carbonyl (C=O) groups is 2. The second-order valence-electron chi connectivity index (χ2n) is 6.10. The van der Waals surface area contributed by atoms with Crippen molar-refractivity contribution in [1.82, 2.24) is 0 Å². The smallest absolute Gasteiger partial charge is 0.258 e. The predicted octanol–water partition coefficient (Wildman–Crippen LogP) is 2.23. The van der Waals surface area contributed by atoms with E-state index in [9.17, 15) is 9.59 Å². The van der Waals surface area contributed by atoms with E-state index in [0.717, 1.165) is 0 Å². The molecule has 1 saturated heterocycles. The highest BCUT2D eigenvalue weighted by atomic mass is 16.5. The molecule has 4 N–H and O–H groups in total. The van der Waals surface area contributed by atoms with Gasteiger partial charge in [0.1, 0.15) is 6.26 Å². The van der Waals surface area contributed by atoms with Gasteiger partial charge in [-0.3, -0.25) is 9.59 Å². The summed E-state index contributed by atoms with van der Waals surface area (Å²) in [6.07, 6.45) is 4.02. The van der Waals surface area contributed by atoms with Gasteiger partial charge in [-0.2, -0.15) is 0 Å². The fourth-order valence-corrected chi connectivity index (χ4v) is 2.82. The second kappa shape index (κ2) is 7.50. The number of hydrogen-bond acceptors (Lipinski definition) is 5. The minimum absolute atomic E-state index is 0.114. The Kier molecular flexibility index (Phi) is 5.16. The minimum Gasteiger partial charge on any atom is -0.472 e. The monoisotopic (exact) mass is 343 g/mol. The maximum absolute atomic E-state index is 12.7. The summed E-state index contributed by atoms with van der Waals surface area (Å²) in [4.78, 5) is 24.8. The first-order valence-corrected chi connectivity index (χ1v) is 8.16. The van der Waals surface area contributed by atoms with Crippen LogP contribution in [0.1, 0.15) is 23.2 Å². The molecule has 7 nitrogen and oxygen atoms in total. The first-order chi connectivity index (χ1) is 12.1. The van der Waals surface area contributed by atoms with Crippen molar-refractivity contribution in [1.29, 1.82) is 0 Å². The number of carbonyl (C=O) groups excluding carboxylic acids is 2. The van der Waals surface area contributed by atoms with E-state index in [1.54, 1.807) is 30.3 Å². The molecule has 1 aromatic heterocycles. The summed E-state index contributed by atoms with van der Waals surface area (Å²) in [5, 5.41) is 5.67. The fraction of sp³-hybridized carbons (Fsp3) is 0.333. The van der Waals surface area contributed by atoms with Gasteiger partial charge in [0.15, 0.2) is 0 Å². The predicted molar refractivity (Wildman–Crippen MR) is 93.3 cm³/mol. The molecule has 3 rings (SSSR count). The van der Waals surface area contributed by atoms with E-state index in [2.05, 4.69) is 10.6 Å². The molecule has 0 saturated carbocycles. The summed E-state index contributed by atoms with van der Waals surface area (Å²) in [5.41, 5.74) is 6.87. The van der Waals surface area contributed by atoms with Crippen molar-refractivity contribution in [2.24, 2.45) is 11.1 Å².